The number of aromatic nitrogens is 3. The van der Waals surface area contributed by atoms with Crippen molar-refractivity contribution in [2.24, 2.45) is 5.92 Å². The highest BCUT2D eigenvalue weighted by atomic mass is 16.2. The average molecular weight is 373 g/mol. The summed E-state index contributed by atoms with van der Waals surface area (Å²) in [6.07, 6.45) is 7.35. The number of pyridine rings is 1. The molecule has 0 saturated carbocycles. The first-order valence-corrected chi connectivity index (χ1v) is 9.83. The lowest BCUT2D eigenvalue weighted by Crippen LogP contribution is -2.41. The smallest absolute Gasteiger partial charge is 0.226 e. The van der Waals surface area contributed by atoms with Gasteiger partial charge in [0.1, 0.15) is 0 Å². The number of carbonyl (C=O) groups is 1. The Morgan fingerprint density at radius 3 is 2.57 bits per heavy atom. The van der Waals surface area contributed by atoms with Gasteiger partial charge in [-0.05, 0) is 42.2 Å². The minimum atomic E-state index is 0.121. The summed E-state index contributed by atoms with van der Waals surface area (Å²) < 4.78 is 0. The third kappa shape index (κ3) is 3.15. The second-order valence-electron chi connectivity index (χ2n) is 7.60. The van der Waals surface area contributed by atoms with Crippen LogP contribution in [0.4, 0.5) is 5.69 Å². The normalized spacial score (nSPS) is 17.0. The van der Waals surface area contributed by atoms with Crippen LogP contribution in [0.15, 0.2) is 55.0 Å². The lowest BCUT2D eigenvalue weighted by Gasteiger charge is -2.34. The Bertz CT molecular complexity index is 934. The van der Waals surface area contributed by atoms with E-state index in [0.717, 1.165) is 42.8 Å². The minimum absolute atomic E-state index is 0.121. The van der Waals surface area contributed by atoms with Crippen LogP contribution in [0, 0.1) is 5.92 Å². The van der Waals surface area contributed by atoms with Crippen LogP contribution in [0.3, 0.4) is 0 Å². The van der Waals surface area contributed by atoms with Crippen molar-refractivity contribution in [3.8, 4) is 11.1 Å². The van der Waals surface area contributed by atoms with Crippen LogP contribution in [0.25, 0.3) is 11.1 Å². The fourth-order valence-electron chi connectivity index (χ4n) is 4.27. The first kappa shape index (κ1) is 17.0. The molecule has 1 N–H and O–H groups in total. The molecule has 2 aliphatic heterocycles. The van der Waals surface area contributed by atoms with Gasteiger partial charge in [-0.2, -0.15) is 5.10 Å². The number of aromatic amines is 1. The number of H-pyrrole nitrogens is 1. The van der Waals surface area contributed by atoms with Gasteiger partial charge in [0.2, 0.25) is 5.91 Å². The molecule has 1 saturated heterocycles. The first-order chi connectivity index (χ1) is 13.8. The number of fused-ring (bicyclic) bond motifs is 1. The number of piperidine rings is 1. The molecule has 2 aromatic heterocycles. The Labute approximate surface area is 164 Å². The SMILES string of the molecule is O=C(C1CCN(c2ccc(-c3cn[nH]c3)cc2)CC1)N1Cc2cccnc2C1. The molecule has 0 atom stereocenters. The molecule has 0 unspecified atom stereocenters. The number of benzene rings is 1. The van der Waals surface area contributed by atoms with Crippen LogP contribution in [0.5, 0.6) is 0 Å². The number of nitrogens with one attached hydrogen (secondary N) is 1. The molecule has 28 heavy (non-hydrogen) atoms. The molecular formula is C22H23N5O. The Kier molecular flexibility index (Phi) is 4.31. The van der Waals surface area contributed by atoms with Gasteiger partial charge in [0.05, 0.1) is 18.4 Å². The van der Waals surface area contributed by atoms with E-state index in [0.29, 0.717) is 13.1 Å². The Morgan fingerprint density at radius 2 is 1.86 bits per heavy atom. The molecule has 6 nitrogen and oxygen atoms in total. The third-order valence-electron chi connectivity index (χ3n) is 5.91. The summed E-state index contributed by atoms with van der Waals surface area (Å²) in [6, 6.07) is 12.6. The van der Waals surface area contributed by atoms with Crippen molar-refractivity contribution < 1.29 is 4.79 Å². The summed E-state index contributed by atoms with van der Waals surface area (Å²) in [5, 5.41) is 6.86. The second-order valence-corrected chi connectivity index (χ2v) is 7.60. The van der Waals surface area contributed by atoms with Crippen LogP contribution >= 0.6 is 0 Å². The molecule has 3 aromatic rings. The van der Waals surface area contributed by atoms with Gasteiger partial charge in [0, 0.05) is 49.2 Å². The first-order valence-electron chi connectivity index (χ1n) is 9.83. The van der Waals surface area contributed by atoms with Crippen LogP contribution in [-0.4, -0.2) is 39.1 Å². The van der Waals surface area contributed by atoms with Crippen molar-refractivity contribution in [3.63, 3.8) is 0 Å². The summed E-state index contributed by atoms with van der Waals surface area (Å²) in [5.74, 6) is 0.406. The monoisotopic (exact) mass is 373 g/mol. The van der Waals surface area contributed by atoms with E-state index in [1.54, 1.807) is 0 Å². The van der Waals surface area contributed by atoms with Crippen molar-refractivity contribution in [2.75, 3.05) is 18.0 Å². The lowest BCUT2D eigenvalue weighted by molar-refractivity contribution is -0.136. The Hall–Kier alpha value is -3.15. The van der Waals surface area contributed by atoms with Gasteiger partial charge in [-0.15, -0.1) is 0 Å². The zero-order valence-electron chi connectivity index (χ0n) is 15.7. The molecule has 2 aliphatic rings. The fraction of sp³-hybridized carbons (Fsp3) is 0.318. The Balaban J connectivity index is 1.19. The predicted molar refractivity (Wildman–Crippen MR) is 107 cm³/mol. The molecule has 0 spiro atoms. The number of hydrogen-bond donors (Lipinski definition) is 1. The average Bonchev–Trinajstić information content (AvgIpc) is 3.43. The van der Waals surface area contributed by atoms with Crippen molar-refractivity contribution >= 4 is 11.6 Å². The van der Waals surface area contributed by atoms with Gasteiger partial charge in [-0.3, -0.25) is 14.9 Å². The summed E-state index contributed by atoms with van der Waals surface area (Å²) in [7, 11) is 0. The van der Waals surface area contributed by atoms with Crippen LogP contribution in [0.2, 0.25) is 0 Å². The third-order valence-corrected chi connectivity index (χ3v) is 5.91. The molecule has 0 aliphatic carbocycles. The van der Waals surface area contributed by atoms with E-state index in [1.165, 1.54) is 11.3 Å². The maximum Gasteiger partial charge on any atom is 0.226 e. The number of rotatable bonds is 3. The van der Waals surface area contributed by atoms with Crippen molar-refractivity contribution in [1.29, 1.82) is 0 Å². The molecular weight excluding hydrogens is 350 g/mol. The van der Waals surface area contributed by atoms with Gasteiger partial charge in [0.15, 0.2) is 0 Å². The maximum absolute atomic E-state index is 13.0. The van der Waals surface area contributed by atoms with Gasteiger partial charge < -0.3 is 9.80 Å². The van der Waals surface area contributed by atoms with Gasteiger partial charge >= 0.3 is 0 Å². The van der Waals surface area contributed by atoms with E-state index in [9.17, 15) is 4.79 Å². The van der Waals surface area contributed by atoms with Gasteiger partial charge in [-0.25, -0.2) is 0 Å². The fourth-order valence-corrected chi connectivity index (χ4v) is 4.27. The van der Waals surface area contributed by atoms with E-state index < -0.39 is 0 Å². The quantitative estimate of drug-likeness (QED) is 0.766. The largest absolute Gasteiger partial charge is 0.371 e. The topological polar surface area (TPSA) is 65.1 Å². The van der Waals surface area contributed by atoms with Crippen molar-refractivity contribution in [3.05, 3.63) is 66.2 Å². The van der Waals surface area contributed by atoms with Crippen LogP contribution in [0.1, 0.15) is 24.1 Å². The molecule has 1 fully saturated rings. The summed E-state index contributed by atoms with van der Waals surface area (Å²) in [6.45, 7) is 3.20. The molecule has 0 bridgehead atoms. The highest BCUT2D eigenvalue weighted by Crippen LogP contribution is 2.29. The molecule has 1 aromatic carbocycles. The number of carbonyl (C=O) groups excluding carboxylic acids is 1. The Morgan fingerprint density at radius 1 is 1.04 bits per heavy atom. The highest BCUT2D eigenvalue weighted by molar-refractivity contribution is 5.80. The number of anilines is 1. The number of nitrogens with zero attached hydrogens (tertiary/aromatic N) is 4. The van der Waals surface area contributed by atoms with E-state index >= 15 is 0 Å². The lowest BCUT2D eigenvalue weighted by atomic mass is 9.94. The molecule has 0 radical (unpaired) electrons. The molecule has 1 amide bonds. The molecule has 4 heterocycles. The van der Waals surface area contributed by atoms with Gasteiger partial charge in [-0.1, -0.05) is 18.2 Å². The van der Waals surface area contributed by atoms with E-state index in [1.807, 2.05) is 29.6 Å². The highest BCUT2D eigenvalue weighted by Gasteiger charge is 2.32. The maximum atomic E-state index is 13.0. The molecule has 5 rings (SSSR count). The van der Waals surface area contributed by atoms with E-state index in [4.69, 9.17) is 0 Å². The van der Waals surface area contributed by atoms with Crippen molar-refractivity contribution in [1.82, 2.24) is 20.1 Å². The zero-order valence-corrected chi connectivity index (χ0v) is 15.7. The van der Waals surface area contributed by atoms with Crippen molar-refractivity contribution in [2.45, 2.75) is 25.9 Å². The van der Waals surface area contributed by atoms with Crippen LogP contribution in [-0.2, 0) is 17.9 Å². The zero-order chi connectivity index (χ0) is 18.9. The van der Waals surface area contributed by atoms with Crippen LogP contribution < -0.4 is 4.90 Å². The predicted octanol–water partition coefficient (Wildman–Crippen LogP) is 3.23. The van der Waals surface area contributed by atoms with Gasteiger partial charge in [0.25, 0.3) is 0 Å². The molecule has 6 heteroatoms. The standard InChI is InChI=1S/C22H23N5O/c28-22(27-14-18-2-1-9-23-21(18)15-27)17-7-10-26(11-8-17)20-5-3-16(4-6-20)19-12-24-25-13-19/h1-6,9,12-13,17H,7-8,10-11,14-15H2,(H,24,25). The summed E-state index contributed by atoms with van der Waals surface area (Å²) in [4.78, 5) is 21.7. The minimum Gasteiger partial charge on any atom is -0.371 e. The summed E-state index contributed by atoms with van der Waals surface area (Å²) in [5.41, 5.74) is 5.70. The van der Waals surface area contributed by atoms with E-state index in [2.05, 4.69) is 50.4 Å². The molecule has 142 valence electrons. The second kappa shape index (κ2) is 7.11. The summed E-state index contributed by atoms with van der Waals surface area (Å²) >= 11 is 0. The number of amides is 1. The van der Waals surface area contributed by atoms with E-state index in [-0.39, 0.29) is 11.8 Å². The number of hydrogen-bond acceptors (Lipinski definition) is 4.